The van der Waals surface area contributed by atoms with Crippen molar-refractivity contribution in [1.82, 2.24) is 10.5 Å². The first-order chi connectivity index (χ1) is 14.0. The van der Waals surface area contributed by atoms with Crippen molar-refractivity contribution < 1.29 is 14.1 Å². The van der Waals surface area contributed by atoms with Gasteiger partial charge in [0.1, 0.15) is 5.76 Å². The van der Waals surface area contributed by atoms with E-state index < -0.39 is 0 Å². The Hall–Kier alpha value is -3.06. The maximum atomic E-state index is 12.9. The summed E-state index contributed by atoms with van der Waals surface area (Å²) >= 11 is 1.56. The van der Waals surface area contributed by atoms with Crippen molar-refractivity contribution >= 4 is 29.3 Å². The molecule has 0 aliphatic rings. The third-order valence-corrected chi connectivity index (χ3v) is 5.50. The predicted octanol–water partition coefficient (Wildman–Crippen LogP) is 4.59. The Labute approximate surface area is 174 Å². The highest BCUT2D eigenvalue weighted by Gasteiger charge is 2.15. The number of hydrogen-bond acceptors (Lipinski definition) is 5. The van der Waals surface area contributed by atoms with Gasteiger partial charge in [0.2, 0.25) is 0 Å². The van der Waals surface area contributed by atoms with Crippen molar-refractivity contribution in [2.24, 2.45) is 0 Å². The van der Waals surface area contributed by atoms with E-state index in [0.717, 1.165) is 21.9 Å². The third kappa shape index (κ3) is 5.06. The summed E-state index contributed by atoms with van der Waals surface area (Å²) in [6.45, 7) is 6.20. The summed E-state index contributed by atoms with van der Waals surface area (Å²) in [5.41, 5.74) is 3.56. The second-order valence-corrected chi connectivity index (χ2v) is 7.50. The molecule has 0 aliphatic carbocycles. The maximum Gasteiger partial charge on any atom is 0.256 e. The van der Waals surface area contributed by atoms with Gasteiger partial charge in [-0.1, -0.05) is 23.4 Å². The molecule has 7 heteroatoms. The molecule has 1 aromatic heterocycles. The molecule has 0 saturated carbocycles. The molecule has 3 aromatic rings. The summed E-state index contributed by atoms with van der Waals surface area (Å²) < 4.78 is 5.21. The minimum absolute atomic E-state index is 0.168. The quantitative estimate of drug-likeness (QED) is 0.558. The second kappa shape index (κ2) is 9.43. The van der Waals surface area contributed by atoms with Crippen LogP contribution in [0.2, 0.25) is 0 Å². The highest BCUT2D eigenvalue weighted by atomic mass is 32.2. The van der Waals surface area contributed by atoms with Crippen LogP contribution in [-0.4, -0.2) is 23.5 Å². The third-order valence-electron chi connectivity index (χ3n) is 4.40. The van der Waals surface area contributed by atoms with Crippen LogP contribution in [0.25, 0.3) is 0 Å². The van der Waals surface area contributed by atoms with Gasteiger partial charge in [0.15, 0.2) is 0 Å². The van der Waals surface area contributed by atoms with Crippen molar-refractivity contribution in [2.45, 2.75) is 31.4 Å². The maximum absolute atomic E-state index is 12.9. The minimum atomic E-state index is -0.222. The van der Waals surface area contributed by atoms with E-state index >= 15 is 0 Å². The van der Waals surface area contributed by atoms with Gasteiger partial charge in [0, 0.05) is 34.0 Å². The standard InChI is InChI=1S/C22H23N3O3S/c1-4-23-21(26)16-8-7-9-17(12-16)24-22(27)18-10-5-6-11-20(18)29-13-19-14(2)25-28-15(19)3/h5-12H,4,13H2,1-3H3,(H,23,26)(H,24,27). The average Bonchev–Trinajstić information content (AvgIpc) is 3.04. The zero-order valence-electron chi connectivity index (χ0n) is 16.6. The minimum Gasteiger partial charge on any atom is -0.361 e. The Bertz CT molecular complexity index is 1010. The van der Waals surface area contributed by atoms with Crippen LogP contribution in [0.4, 0.5) is 5.69 Å². The number of nitrogens with zero attached hydrogens (tertiary/aromatic N) is 1. The average molecular weight is 410 g/mol. The number of carbonyl (C=O) groups excluding carboxylic acids is 2. The molecule has 0 fully saturated rings. The van der Waals surface area contributed by atoms with E-state index in [2.05, 4.69) is 15.8 Å². The number of benzene rings is 2. The molecular formula is C22H23N3O3S. The smallest absolute Gasteiger partial charge is 0.256 e. The lowest BCUT2D eigenvalue weighted by Crippen LogP contribution is -2.22. The van der Waals surface area contributed by atoms with E-state index in [9.17, 15) is 9.59 Å². The zero-order valence-corrected chi connectivity index (χ0v) is 17.4. The molecule has 0 aliphatic heterocycles. The summed E-state index contributed by atoms with van der Waals surface area (Å²) in [6, 6.07) is 14.3. The molecule has 0 bridgehead atoms. The molecule has 150 valence electrons. The topological polar surface area (TPSA) is 84.2 Å². The van der Waals surface area contributed by atoms with Gasteiger partial charge in [-0.25, -0.2) is 0 Å². The van der Waals surface area contributed by atoms with Gasteiger partial charge < -0.3 is 15.2 Å². The van der Waals surface area contributed by atoms with Crippen molar-refractivity contribution in [3.05, 3.63) is 76.7 Å². The van der Waals surface area contributed by atoms with E-state index in [0.29, 0.717) is 29.1 Å². The van der Waals surface area contributed by atoms with E-state index in [1.165, 1.54) is 0 Å². The van der Waals surface area contributed by atoms with Crippen LogP contribution in [0.1, 0.15) is 44.7 Å². The lowest BCUT2D eigenvalue weighted by Gasteiger charge is -2.11. The first kappa shape index (κ1) is 20.7. The van der Waals surface area contributed by atoms with Crippen LogP contribution in [0.3, 0.4) is 0 Å². The SMILES string of the molecule is CCNC(=O)c1cccc(NC(=O)c2ccccc2SCc2c(C)noc2C)c1. The first-order valence-electron chi connectivity index (χ1n) is 9.32. The van der Waals surface area contributed by atoms with Crippen LogP contribution >= 0.6 is 11.8 Å². The number of aryl methyl sites for hydroxylation is 2. The van der Waals surface area contributed by atoms with Crippen molar-refractivity contribution in [1.29, 1.82) is 0 Å². The molecule has 3 rings (SSSR count). The molecule has 0 unspecified atom stereocenters. The van der Waals surface area contributed by atoms with Gasteiger partial charge in [-0.15, -0.1) is 11.8 Å². The van der Waals surface area contributed by atoms with Crippen molar-refractivity contribution in [2.75, 3.05) is 11.9 Å². The molecule has 2 N–H and O–H groups in total. The van der Waals surface area contributed by atoms with Gasteiger partial charge in [-0.2, -0.15) is 0 Å². The number of thioether (sulfide) groups is 1. The van der Waals surface area contributed by atoms with Gasteiger partial charge in [-0.05, 0) is 51.1 Å². The van der Waals surface area contributed by atoms with Crippen molar-refractivity contribution in [3.63, 3.8) is 0 Å². The van der Waals surface area contributed by atoms with Crippen molar-refractivity contribution in [3.8, 4) is 0 Å². The largest absolute Gasteiger partial charge is 0.361 e. The van der Waals surface area contributed by atoms with Crippen LogP contribution < -0.4 is 10.6 Å². The van der Waals surface area contributed by atoms with Crippen LogP contribution in [0, 0.1) is 13.8 Å². The fraction of sp³-hybridized carbons (Fsp3) is 0.227. The predicted molar refractivity (Wildman–Crippen MR) is 114 cm³/mol. The van der Waals surface area contributed by atoms with Gasteiger partial charge in [0.05, 0.1) is 11.3 Å². The summed E-state index contributed by atoms with van der Waals surface area (Å²) in [6.07, 6.45) is 0. The lowest BCUT2D eigenvalue weighted by atomic mass is 10.1. The molecule has 2 aromatic carbocycles. The monoisotopic (exact) mass is 409 g/mol. The Morgan fingerprint density at radius 3 is 2.59 bits per heavy atom. The highest BCUT2D eigenvalue weighted by Crippen LogP contribution is 2.29. The molecule has 0 radical (unpaired) electrons. The van der Waals surface area contributed by atoms with Crippen LogP contribution in [0.5, 0.6) is 0 Å². The number of aromatic nitrogens is 1. The molecule has 6 nitrogen and oxygen atoms in total. The lowest BCUT2D eigenvalue weighted by molar-refractivity contribution is 0.0954. The Balaban J connectivity index is 1.75. The van der Waals surface area contributed by atoms with Crippen LogP contribution in [0.15, 0.2) is 57.9 Å². The number of hydrogen-bond donors (Lipinski definition) is 2. The number of carbonyl (C=O) groups is 2. The zero-order chi connectivity index (χ0) is 20.8. The molecule has 0 spiro atoms. The van der Waals surface area contributed by atoms with E-state index in [1.54, 1.807) is 42.1 Å². The highest BCUT2D eigenvalue weighted by molar-refractivity contribution is 7.98. The summed E-state index contributed by atoms with van der Waals surface area (Å²) in [4.78, 5) is 25.8. The summed E-state index contributed by atoms with van der Waals surface area (Å²) in [5, 5.41) is 9.62. The normalized spacial score (nSPS) is 10.6. The second-order valence-electron chi connectivity index (χ2n) is 6.48. The summed E-state index contributed by atoms with van der Waals surface area (Å²) in [5.74, 6) is 1.07. The fourth-order valence-corrected chi connectivity index (χ4v) is 4.04. The Kier molecular flexibility index (Phi) is 6.72. The number of anilines is 1. The van der Waals surface area contributed by atoms with Gasteiger partial charge in [-0.3, -0.25) is 9.59 Å². The van der Waals surface area contributed by atoms with E-state index in [-0.39, 0.29) is 11.8 Å². The molecule has 2 amide bonds. The van der Waals surface area contributed by atoms with Gasteiger partial charge in [0.25, 0.3) is 11.8 Å². The molecule has 29 heavy (non-hydrogen) atoms. The van der Waals surface area contributed by atoms with E-state index in [4.69, 9.17) is 4.52 Å². The Morgan fingerprint density at radius 2 is 1.86 bits per heavy atom. The number of rotatable bonds is 7. The molecule has 1 heterocycles. The fourth-order valence-electron chi connectivity index (χ4n) is 2.84. The molecule has 0 atom stereocenters. The van der Waals surface area contributed by atoms with Crippen LogP contribution in [-0.2, 0) is 5.75 Å². The van der Waals surface area contributed by atoms with E-state index in [1.807, 2.05) is 39.0 Å². The molecular weight excluding hydrogens is 386 g/mol. The van der Waals surface area contributed by atoms with Gasteiger partial charge >= 0.3 is 0 Å². The first-order valence-corrected chi connectivity index (χ1v) is 10.3. The Morgan fingerprint density at radius 1 is 1.07 bits per heavy atom. The number of amides is 2. The number of nitrogens with one attached hydrogen (secondary N) is 2. The molecule has 0 saturated heterocycles. The summed E-state index contributed by atoms with van der Waals surface area (Å²) in [7, 11) is 0.